The van der Waals surface area contributed by atoms with Crippen LogP contribution >= 0.6 is 0 Å². The topological polar surface area (TPSA) is 87.7 Å². The molecule has 3 fully saturated rings. The number of carboxylic acids is 1. The van der Waals surface area contributed by atoms with E-state index in [1.807, 2.05) is 0 Å². The molecule has 1 aliphatic heterocycles. The first-order valence-electron chi connectivity index (χ1n) is 7.01. The Hall–Kier alpha value is -1.30. The lowest BCUT2D eigenvalue weighted by atomic mass is 9.95. The fraction of sp³-hybridized carbons (Fsp3) is 0.846. The molecule has 2 saturated carbocycles. The summed E-state index contributed by atoms with van der Waals surface area (Å²) in [6.45, 7) is 0.454. The molecule has 0 aromatic rings. The minimum absolute atomic E-state index is 0.175. The Kier molecular flexibility index (Phi) is 3.35. The number of fused-ring (bicyclic) bond motifs is 2. The highest BCUT2D eigenvalue weighted by Gasteiger charge is 2.41. The Morgan fingerprint density at radius 3 is 2.47 bits per heavy atom. The van der Waals surface area contributed by atoms with Gasteiger partial charge in [0.2, 0.25) is 0 Å². The van der Waals surface area contributed by atoms with Gasteiger partial charge in [-0.2, -0.15) is 0 Å². The monoisotopic (exact) mass is 268 g/mol. The van der Waals surface area contributed by atoms with Gasteiger partial charge in [-0.25, -0.2) is 4.79 Å². The number of aliphatic carboxylic acids is 1. The van der Waals surface area contributed by atoms with Crippen LogP contribution in [-0.4, -0.2) is 42.4 Å². The predicted octanol–water partition coefficient (Wildman–Crippen LogP) is 0.574. The van der Waals surface area contributed by atoms with Crippen LogP contribution in [-0.2, 0) is 9.53 Å². The third-order valence-corrected chi connectivity index (χ3v) is 4.77. The highest BCUT2D eigenvalue weighted by molar-refractivity contribution is 5.77. The van der Waals surface area contributed by atoms with Crippen molar-refractivity contribution < 1.29 is 19.4 Å². The summed E-state index contributed by atoms with van der Waals surface area (Å²) in [4.78, 5) is 22.9. The molecule has 2 amide bonds. The molecule has 6 nitrogen and oxygen atoms in total. The van der Waals surface area contributed by atoms with Crippen molar-refractivity contribution in [3.05, 3.63) is 0 Å². The lowest BCUT2D eigenvalue weighted by Gasteiger charge is -2.24. The van der Waals surface area contributed by atoms with E-state index in [1.54, 1.807) is 0 Å². The summed E-state index contributed by atoms with van der Waals surface area (Å²) in [6.07, 6.45) is 4.80. The van der Waals surface area contributed by atoms with Crippen molar-refractivity contribution in [2.24, 2.45) is 17.8 Å². The minimum Gasteiger partial charge on any atom is -0.481 e. The van der Waals surface area contributed by atoms with Gasteiger partial charge in [-0.15, -0.1) is 0 Å². The zero-order valence-corrected chi connectivity index (χ0v) is 10.8. The first-order chi connectivity index (χ1) is 9.13. The van der Waals surface area contributed by atoms with Crippen molar-refractivity contribution in [3.8, 4) is 0 Å². The average molecular weight is 268 g/mol. The summed E-state index contributed by atoms with van der Waals surface area (Å²) in [7, 11) is 0. The molecule has 3 rings (SSSR count). The molecule has 0 aromatic carbocycles. The number of carbonyl (C=O) groups is 2. The van der Waals surface area contributed by atoms with Crippen LogP contribution in [0.25, 0.3) is 0 Å². The fourth-order valence-electron chi connectivity index (χ4n) is 3.74. The summed E-state index contributed by atoms with van der Waals surface area (Å²) in [5.74, 6) is -0.156. The van der Waals surface area contributed by atoms with Crippen molar-refractivity contribution >= 4 is 12.0 Å². The lowest BCUT2D eigenvalue weighted by molar-refractivity contribution is -0.142. The quantitative estimate of drug-likeness (QED) is 0.698. The van der Waals surface area contributed by atoms with Crippen LogP contribution in [0.2, 0.25) is 0 Å². The van der Waals surface area contributed by atoms with Crippen molar-refractivity contribution in [2.75, 3.05) is 13.2 Å². The molecule has 19 heavy (non-hydrogen) atoms. The zero-order chi connectivity index (χ0) is 13.4. The Balaban J connectivity index is 1.50. The second kappa shape index (κ2) is 5.00. The second-order valence-electron chi connectivity index (χ2n) is 5.99. The number of amides is 2. The lowest BCUT2D eigenvalue weighted by Crippen LogP contribution is -2.50. The molecule has 0 radical (unpaired) electrons. The number of hydrogen-bond donors (Lipinski definition) is 3. The first kappa shape index (κ1) is 12.7. The van der Waals surface area contributed by atoms with E-state index in [2.05, 4.69) is 10.6 Å². The summed E-state index contributed by atoms with van der Waals surface area (Å²) < 4.78 is 5.13. The average Bonchev–Trinajstić information content (AvgIpc) is 3.03. The molecule has 0 aromatic heterocycles. The van der Waals surface area contributed by atoms with Crippen LogP contribution < -0.4 is 10.6 Å². The van der Waals surface area contributed by atoms with Gasteiger partial charge >= 0.3 is 12.0 Å². The number of nitrogens with one attached hydrogen (secondary N) is 2. The fourth-order valence-corrected chi connectivity index (χ4v) is 3.74. The van der Waals surface area contributed by atoms with E-state index in [0.29, 0.717) is 5.92 Å². The molecule has 0 spiro atoms. The van der Waals surface area contributed by atoms with Crippen molar-refractivity contribution in [3.63, 3.8) is 0 Å². The predicted molar refractivity (Wildman–Crippen MR) is 66.6 cm³/mol. The van der Waals surface area contributed by atoms with Gasteiger partial charge in [0.1, 0.15) is 5.92 Å². The van der Waals surface area contributed by atoms with Gasteiger partial charge in [-0.3, -0.25) is 4.79 Å². The SMILES string of the molecule is O=C(NC1CC2CCC1C2)NC1COCC1C(=O)O. The summed E-state index contributed by atoms with van der Waals surface area (Å²) in [5, 5.41) is 14.8. The summed E-state index contributed by atoms with van der Waals surface area (Å²) in [6, 6.07) is -0.403. The van der Waals surface area contributed by atoms with Gasteiger partial charge in [0.15, 0.2) is 0 Å². The van der Waals surface area contributed by atoms with Gasteiger partial charge in [0.25, 0.3) is 0 Å². The molecule has 2 bridgehead atoms. The minimum atomic E-state index is -0.914. The van der Waals surface area contributed by atoms with E-state index in [4.69, 9.17) is 9.84 Å². The molecule has 6 heteroatoms. The van der Waals surface area contributed by atoms with Crippen molar-refractivity contribution in [1.82, 2.24) is 10.6 Å². The van der Waals surface area contributed by atoms with Crippen LogP contribution in [0, 0.1) is 17.8 Å². The molecule has 3 N–H and O–H groups in total. The largest absolute Gasteiger partial charge is 0.481 e. The second-order valence-corrected chi connectivity index (χ2v) is 5.99. The van der Waals surface area contributed by atoms with Gasteiger partial charge in [0.05, 0.1) is 19.3 Å². The van der Waals surface area contributed by atoms with Gasteiger partial charge < -0.3 is 20.5 Å². The number of hydrogen-bond acceptors (Lipinski definition) is 3. The Labute approximate surface area is 111 Å². The number of carboxylic acid groups (broad SMARTS) is 1. The van der Waals surface area contributed by atoms with Crippen LogP contribution in [0.5, 0.6) is 0 Å². The molecule has 2 aliphatic carbocycles. The molecule has 3 aliphatic rings. The number of rotatable bonds is 3. The highest BCUT2D eigenvalue weighted by Crippen LogP contribution is 2.44. The highest BCUT2D eigenvalue weighted by atomic mass is 16.5. The van der Waals surface area contributed by atoms with E-state index in [-0.39, 0.29) is 25.3 Å². The van der Waals surface area contributed by atoms with E-state index in [9.17, 15) is 9.59 Å². The Morgan fingerprint density at radius 1 is 1.05 bits per heavy atom. The number of carbonyl (C=O) groups excluding carboxylic acids is 1. The third-order valence-electron chi connectivity index (χ3n) is 4.77. The molecule has 106 valence electrons. The van der Waals surface area contributed by atoms with Gasteiger partial charge in [-0.05, 0) is 31.1 Å². The molecule has 5 atom stereocenters. The van der Waals surface area contributed by atoms with E-state index in [0.717, 1.165) is 12.3 Å². The number of ether oxygens (including phenoxy) is 1. The smallest absolute Gasteiger partial charge is 0.315 e. The first-order valence-corrected chi connectivity index (χ1v) is 7.01. The molecule has 1 saturated heterocycles. The molecule has 1 heterocycles. The van der Waals surface area contributed by atoms with Crippen LogP contribution in [0.3, 0.4) is 0 Å². The van der Waals surface area contributed by atoms with Gasteiger partial charge in [-0.1, -0.05) is 6.42 Å². The van der Waals surface area contributed by atoms with Crippen molar-refractivity contribution in [1.29, 1.82) is 0 Å². The standard InChI is InChI=1S/C13H20N2O4/c16-12(17)9-5-19-6-11(9)15-13(18)14-10-4-7-1-2-8(10)3-7/h7-11H,1-6H2,(H,16,17)(H2,14,15,18). The zero-order valence-electron chi connectivity index (χ0n) is 10.8. The van der Waals surface area contributed by atoms with Crippen LogP contribution in [0.4, 0.5) is 4.79 Å². The molecular weight excluding hydrogens is 248 g/mol. The third kappa shape index (κ3) is 2.54. The summed E-state index contributed by atoms with van der Waals surface area (Å²) >= 11 is 0. The Morgan fingerprint density at radius 2 is 1.84 bits per heavy atom. The maximum absolute atomic E-state index is 11.9. The molecule has 5 unspecified atom stereocenters. The van der Waals surface area contributed by atoms with E-state index >= 15 is 0 Å². The number of urea groups is 1. The van der Waals surface area contributed by atoms with Crippen LogP contribution in [0.15, 0.2) is 0 Å². The van der Waals surface area contributed by atoms with Gasteiger partial charge in [0, 0.05) is 6.04 Å². The van der Waals surface area contributed by atoms with Crippen molar-refractivity contribution in [2.45, 2.75) is 37.8 Å². The Bertz CT molecular complexity index is 387. The van der Waals surface area contributed by atoms with E-state index < -0.39 is 17.9 Å². The maximum atomic E-state index is 11.9. The molecular formula is C13H20N2O4. The van der Waals surface area contributed by atoms with Crippen LogP contribution in [0.1, 0.15) is 25.7 Å². The maximum Gasteiger partial charge on any atom is 0.315 e. The van der Waals surface area contributed by atoms with E-state index in [1.165, 1.54) is 19.3 Å². The summed E-state index contributed by atoms with van der Waals surface area (Å²) in [5.41, 5.74) is 0. The normalized spacial score (nSPS) is 40.3.